The van der Waals surface area contributed by atoms with Crippen molar-refractivity contribution in [2.45, 2.75) is 25.6 Å². The summed E-state index contributed by atoms with van der Waals surface area (Å²) in [6.07, 6.45) is -3.44. The predicted molar refractivity (Wildman–Crippen MR) is 165 cm³/mol. The Labute approximate surface area is 269 Å². The van der Waals surface area contributed by atoms with Crippen LogP contribution >= 0.6 is 11.6 Å². The van der Waals surface area contributed by atoms with Gasteiger partial charge >= 0.3 is 6.18 Å². The molecule has 0 saturated carbocycles. The van der Waals surface area contributed by atoms with E-state index < -0.39 is 35.5 Å². The van der Waals surface area contributed by atoms with Crippen LogP contribution in [-0.4, -0.2) is 91.4 Å². The molecule has 1 aromatic heterocycles. The van der Waals surface area contributed by atoms with Crippen LogP contribution in [0.5, 0.6) is 0 Å². The van der Waals surface area contributed by atoms with Crippen LogP contribution in [0.2, 0.25) is 5.02 Å². The third-order valence-electron chi connectivity index (χ3n) is 9.68. The van der Waals surface area contributed by atoms with Crippen LogP contribution in [0.1, 0.15) is 17.7 Å². The molecule has 4 aliphatic heterocycles. The van der Waals surface area contributed by atoms with Crippen LogP contribution in [0.3, 0.4) is 0 Å². The average Bonchev–Trinajstić information content (AvgIpc) is 3.53. The lowest BCUT2D eigenvalue weighted by molar-refractivity contribution is -0.138. The van der Waals surface area contributed by atoms with E-state index in [1.807, 2.05) is 4.90 Å². The van der Waals surface area contributed by atoms with Crippen molar-refractivity contribution in [2.75, 3.05) is 67.6 Å². The second-order valence-electron chi connectivity index (χ2n) is 12.7. The molecule has 1 spiro atoms. The first-order valence-corrected chi connectivity index (χ1v) is 15.4. The fourth-order valence-corrected chi connectivity index (χ4v) is 7.76. The maximum Gasteiger partial charge on any atom is 0.416 e. The van der Waals surface area contributed by atoms with Gasteiger partial charge in [0.05, 0.1) is 33.9 Å². The molecule has 0 aliphatic carbocycles. The summed E-state index contributed by atoms with van der Waals surface area (Å²) in [5.74, 6) is -2.11. The highest BCUT2D eigenvalue weighted by atomic mass is 35.5. The molecule has 0 N–H and O–H groups in total. The molecule has 6 rings (SSSR count). The summed E-state index contributed by atoms with van der Waals surface area (Å²) in [7, 11) is 1.57. The molecule has 3 amide bonds. The zero-order chi connectivity index (χ0) is 33.1. The molecule has 0 radical (unpaired) electrons. The number of amides is 3. The third kappa shape index (κ3) is 5.37. The summed E-state index contributed by atoms with van der Waals surface area (Å²) in [5, 5.41) is 10.3. The first-order valence-electron chi connectivity index (χ1n) is 15.0. The molecule has 0 unspecified atom stereocenters. The summed E-state index contributed by atoms with van der Waals surface area (Å²) in [6.45, 7) is 8.34. The number of hydrogen-bond acceptors (Lipinski definition) is 7. The van der Waals surface area contributed by atoms with E-state index in [9.17, 15) is 32.8 Å². The third-order valence-corrected chi connectivity index (χ3v) is 9.99. The van der Waals surface area contributed by atoms with Gasteiger partial charge in [-0.1, -0.05) is 24.2 Å². The number of pyridine rings is 1. The Morgan fingerprint density at radius 3 is 2.61 bits per heavy atom. The minimum atomic E-state index is -4.66. The number of rotatable bonds is 5. The van der Waals surface area contributed by atoms with Gasteiger partial charge in [-0.3, -0.25) is 24.2 Å². The van der Waals surface area contributed by atoms with Gasteiger partial charge in [0, 0.05) is 76.3 Å². The number of likely N-dealkylation sites (N-methyl/N-ethyl adjacent to an activating group) is 1. The number of nitrogens with zero attached hydrogens (tertiary/aromatic N) is 7. The number of likely N-dealkylation sites (tertiary alicyclic amines) is 2. The predicted octanol–water partition coefficient (Wildman–Crippen LogP) is 3.74. The lowest BCUT2D eigenvalue weighted by Crippen LogP contribution is -2.61. The average molecular weight is 656 g/mol. The number of aryl methyl sites for hydroxylation is 1. The summed E-state index contributed by atoms with van der Waals surface area (Å²) >= 11 is 6.75. The monoisotopic (exact) mass is 655 g/mol. The molecule has 2 aromatic rings. The number of carbonyl (C=O) groups is 3. The van der Waals surface area contributed by atoms with Gasteiger partial charge in [-0.2, -0.15) is 18.4 Å². The molecule has 0 bridgehead atoms. The van der Waals surface area contributed by atoms with E-state index >= 15 is 0 Å². The molecule has 14 heteroatoms. The molecule has 4 aliphatic rings. The summed E-state index contributed by atoms with van der Waals surface area (Å²) in [4.78, 5) is 52.3. The first kappa shape index (κ1) is 31.8. The maximum absolute atomic E-state index is 14.0. The Kier molecular flexibility index (Phi) is 8.01. The number of fused-ring (bicyclic) bond motifs is 2. The smallest absolute Gasteiger partial charge is 0.367 e. The van der Waals surface area contributed by atoms with E-state index in [0.717, 1.165) is 17.0 Å². The van der Waals surface area contributed by atoms with Crippen molar-refractivity contribution in [3.63, 3.8) is 0 Å². The number of halogens is 4. The number of carbonyl (C=O) groups excluding carboxylic acids is 3. The number of hydrogen-bond donors (Lipinski definition) is 0. The van der Waals surface area contributed by atoms with Gasteiger partial charge in [-0.05, 0) is 37.3 Å². The number of alkyl halides is 3. The lowest BCUT2D eigenvalue weighted by atomic mass is 9.72. The topological polar surface area (TPSA) is 104 Å². The van der Waals surface area contributed by atoms with Crippen molar-refractivity contribution in [1.82, 2.24) is 14.8 Å². The Bertz CT molecular complexity index is 1650. The largest absolute Gasteiger partial charge is 0.416 e. The highest BCUT2D eigenvalue weighted by molar-refractivity contribution is 6.34. The Balaban J connectivity index is 1.29. The second-order valence-corrected chi connectivity index (χ2v) is 13.1. The minimum absolute atomic E-state index is 0.0615. The zero-order valence-corrected chi connectivity index (χ0v) is 26.2. The van der Waals surface area contributed by atoms with Crippen molar-refractivity contribution in [3.8, 4) is 6.07 Å². The second kappa shape index (κ2) is 11.6. The van der Waals surface area contributed by atoms with Crippen LogP contribution in [0.4, 0.5) is 30.4 Å². The number of aromatic nitrogens is 1. The van der Waals surface area contributed by atoms with Gasteiger partial charge in [-0.15, -0.1) is 0 Å². The van der Waals surface area contributed by atoms with Crippen molar-refractivity contribution in [1.29, 1.82) is 5.26 Å². The van der Waals surface area contributed by atoms with Gasteiger partial charge in [0.15, 0.2) is 0 Å². The highest BCUT2D eigenvalue weighted by Crippen LogP contribution is 2.45. The fourth-order valence-electron chi connectivity index (χ4n) is 7.47. The van der Waals surface area contributed by atoms with E-state index in [4.69, 9.17) is 11.6 Å². The number of anilines is 3. The normalized spacial score (nSPS) is 24.3. The van der Waals surface area contributed by atoms with Gasteiger partial charge < -0.3 is 14.7 Å². The van der Waals surface area contributed by atoms with E-state index in [-0.39, 0.29) is 41.7 Å². The van der Waals surface area contributed by atoms with Crippen molar-refractivity contribution in [2.24, 2.45) is 17.3 Å². The van der Waals surface area contributed by atoms with E-state index in [1.54, 1.807) is 30.1 Å². The fraction of sp³-hybridized carbons (Fsp3) is 0.469. The summed E-state index contributed by atoms with van der Waals surface area (Å²) in [5.41, 5.74) is -0.0534. The quantitative estimate of drug-likeness (QED) is 0.452. The van der Waals surface area contributed by atoms with E-state index in [2.05, 4.69) is 22.5 Å². The molecule has 10 nitrogen and oxygen atoms in total. The highest BCUT2D eigenvalue weighted by Gasteiger charge is 2.55. The molecule has 242 valence electrons. The molecule has 1 aromatic carbocycles. The maximum atomic E-state index is 14.0. The van der Waals surface area contributed by atoms with Crippen LogP contribution in [0.15, 0.2) is 43.0 Å². The van der Waals surface area contributed by atoms with E-state index in [1.165, 1.54) is 17.9 Å². The number of benzene rings is 1. The van der Waals surface area contributed by atoms with Crippen LogP contribution in [0.25, 0.3) is 0 Å². The van der Waals surface area contributed by atoms with E-state index in [0.29, 0.717) is 55.7 Å². The number of para-hydroxylation sites is 1. The van der Waals surface area contributed by atoms with Crippen LogP contribution in [0, 0.1) is 35.5 Å². The molecular weight excluding hydrogens is 623 g/mol. The van der Waals surface area contributed by atoms with Crippen LogP contribution in [-0.2, 0) is 20.6 Å². The van der Waals surface area contributed by atoms with Crippen molar-refractivity contribution >= 4 is 46.5 Å². The molecular formula is C32H33ClF3N7O3. The minimum Gasteiger partial charge on any atom is -0.367 e. The summed E-state index contributed by atoms with van der Waals surface area (Å²) in [6, 6.07) is 8.26. The Morgan fingerprint density at radius 1 is 1.20 bits per heavy atom. The Hall–Kier alpha value is -4.15. The Morgan fingerprint density at radius 2 is 1.93 bits per heavy atom. The standard InChI is InChI=1S/C32H33ClF3N7O3/c1-4-26(44)42-17-31(18-42)16-40(15-22(31)13-37)8-9-41-14-20-11-27(45)43(25-12-21(32(34,35)36)10-19(2)38-25)28(20)30(46)39(3)24-7-5-6-23(33)29(24)41/h4-7,10,12,20,22,28H,1,8-9,11,14-18H2,2-3H3/t20-,22+,28+/m1/s1. The summed E-state index contributed by atoms with van der Waals surface area (Å²) < 4.78 is 41.1. The zero-order valence-electron chi connectivity index (χ0n) is 25.4. The molecule has 3 saturated heterocycles. The molecule has 5 heterocycles. The van der Waals surface area contributed by atoms with Gasteiger partial charge in [0.2, 0.25) is 17.7 Å². The van der Waals surface area contributed by atoms with Crippen molar-refractivity contribution < 1.29 is 27.6 Å². The lowest BCUT2D eigenvalue weighted by Gasteiger charge is -2.49. The molecule has 3 fully saturated rings. The van der Waals surface area contributed by atoms with Gasteiger partial charge in [0.1, 0.15) is 11.9 Å². The van der Waals surface area contributed by atoms with Crippen LogP contribution < -0.4 is 14.7 Å². The first-order chi connectivity index (χ1) is 21.8. The number of nitriles is 1. The van der Waals surface area contributed by atoms with Crippen molar-refractivity contribution in [3.05, 3.63) is 59.3 Å². The SMILES string of the molecule is C=CC(=O)N1CC2(CN(CCN3C[C@H]4CC(=O)N(c5cc(C(F)(F)F)cc(C)n5)[C@@H]4C(=O)N(C)c4cccc(Cl)c43)C[C@@H]2C#N)C1. The van der Waals surface area contributed by atoms with Gasteiger partial charge in [-0.25, -0.2) is 4.98 Å². The van der Waals surface area contributed by atoms with Gasteiger partial charge in [0.25, 0.3) is 0 Å². The molecule has 46 heavy (non-hydrogen) atoms. The molecule has 3 atom stereocenters.